The second-order valence-electron chi connectivity index (χ2n) is 7.29. The number of aromatic amines is 1. The van der Waals surface area contributed by atoms with E-state index >= 15 is 0 Å². The molecule has 1 amide bonds. The zero-order valence-corrected chi connectivity index (χ0v) is 20.6. The van der Waals surface area contributed by atoms with E-state index in [1.54, 1.807) is 11.3 Å². The summed E-state index contributed by atoms with van der Waals surface area (Å²) in [7, 11) is 1.51. The number of ether oxygens (including phenoxy) is 1. The molecule has 0 radical (unpaired) electrons. The highest BCUT2D eigenvalue weighted by molar-refractivity contribution is 8.00. The maximum Gasteiger partial charge on any atom is 0.330 e. The van der Waals surface area contributed by atoms with Gasteiger partial charge in [-0.15, -0.1) is 11.3 Å². The fourth-order valence-corrected chi connectivity index (χ4v) is 5.15. The van der Waals surface area contributed by atoms with E-state index < -0.39 is 11.2 Å². The minimum absolute atomic E-state index is 0.0264. The quantitative estimate of drug-likeness (QED) is 0.307. The van der Waals surface area contributed by atoms with Gasteiger partial charge in [0.15, 0.2) is 5.69 Å². The maximum atomic E-state index is 13.2. The minimum atomic E-state index is -0.699. The number of aryl methyl sites for hydroxylation is 1. The number of aromatic nitrogens is 4. The van der Waals surface area contributed by atoms with Gasteiger partial charge in [-0.3, -0.25) is 19.1 Å². The zero-order valence-electron chi connectivity index (χ0n) is 18.9. The van der Waals surface area contributed by atoms with Crippen molar-refractivity contribution in [2.24, 2.45) is 0 Å². The fraction of sp³-hybridized carbons (Fsp3) is 0.476. The van der Waals surface area contributed by atoms with Crippen LogP contribution in [-0.4, -0.2) is 51.4 Å². The molecule has 0 aromatic carbocycles. The fourth-order valence-electron chi connectivity index (χ4n) is 3.30. The first kappa shape index (κ1) is 24.9. The lowest BCUT2D eigenvalue weighted by Crippen LogP contribution is -2.43. The molecule has 0 unspecified atom stereocenters. The van der Waals surface area contributed by atoms with Crippen LogP contribution in [-0.2, 0) is 22.5 Å². The first-order valence-corrected chi connectivity index (χ1v) is 12.5. The molecule has 3 heterocycles. The smallest absolute Gasteiger partial charge is 0.330 e. The number of nitrogen functional groups attached to an aromatic ring is 1. The number of hydrogen-bond acceptors (Lipinski definition) is 9. The van der Waals surface area contributed by atoms with Gasteiger partial charge in [0.2, 0.25) is 5.91 Å². The van der Waals surface area contributed by atoms with Crippen molar-refractivity contribution in [3.8, 4) is 0 Å². The lowest BCUT2D eigenvalue weighted by Gasteiger charge is -2.24. The van der Waals surface area contributed by atoms with Gasteiger partial charge in [-0.25, -0.2) is 14.8 Å². The molecule has 3 rings (SSSR count). The third-order valence-corrected chi connectivity index (χ3v) is 7.24. The van der Waals surface area contributed by atoms with Crippen molar-refractivity contribution < 1.29 is 9.53 Å². The van der Waals surface area contributed by atoms with E-state index in [1.165, 1.54) is 39.5 Å². The van der Waals surface area contributed by atoms with E-state index in [-0.39, 0.29) is 36.3 Å². The molecule has 0 atom stereocenters. The average molecular weight is 493 g/mol. The number of anilines is 2. The number of nitrogens with two attached hydrogens (primary N) is 1. The van der Waals surface area contributed by atoms with Gasteiger partial charge in [0, 0.05) is 30.5 Å². The summed E-state index contributed by atoms with van der Waals surface area (Å²) in [5.74, 6) is -0.339. The molecule has 0 aliphatic heterocycles. The average Bonchev–Trinajstić information content (AvgIpc) is 3.23. The number of fused-ring (bicyclic) bond motifs is 1. The van der Waals surface area contributed by atoms with Gasteiger partial charge in [-0.2, -0.15) is 0 Å². The van der Waals surface area contributed by atoms with Crippen LogP contribution in [0.1, 0.15) is 31.6 Å². The van der Waals surface area contributed by atoms with Gasteiger partial charge in [0.1, 0.15) is 22.0 Å². The van der Waals surface area contributed by atoms with Crippen LogP contribution < -0.4 is 21.9 Å². The Bertz CT molecular complexity index is 1240. The largest absolute Gasteiger partial charge is 0.383 e. The van der Waals surface area contributed by atoms with Crippen LogP contribution in [0.25, 0.3) is 10.2 Å². The maximum absolute atomic E-state index is 13.2. The van der Waals surface area contributed by atoms with E-state index in [0.717, 1.165) is 23.1 Å². The molecule has 33 heavy (non-hydrogen) atoms. The normalized spacial score (nSPS) is 11.2. The number of H-pyrrole nitrogens is 1. The van der Waals surface area contributed by atoms with Gasteiger partial charge in [-0.05, 0) is 18.9 Å². The molecule has 0 saturated heterocycles. The molecule has 10 nitrogen and oxygen atoms in total. The van der Waals surface area contributed by atoms with Crippen molar-refractivity contribution in [2.45, 2.75) is 44.7 Å². The summed E-state index contributed by atoms with van der Waals surface area (Å²) in [6.45, 7) is 4.73. The van der Waals surface area contributed by atoms with Crippen molar-refractivity contribution in [3.05, 3.63) is 38.1 Å². The Hall–Kier alpha value is -2.70. The van der Waals surface area contributed by atoms with Crippen LogP contribution >= 0.6 is 23.1 Å². The van der Waals surface area contributed by atoms with Crippen LogP contribution in [0.15, 0.2) is 27.0 Å². The highest BCUT2D eigenvalue weighted by atomic mass is 32.2. The van der Waals surface area contributed by atoms with Crippen LogP contribution in [0.4, 0.5) is 11.5 Å². The number of thiophene rings is 1. The number of thioether (sulfide) groups is 1. The second kappa shape index (κ2) is 11.4. The Labute approximate surface area is 199 Å². The molecule has 12 heteroatoms. The van der Waals surface area contributed by atoms with E-state index in [9.17, 15) is 14.4 Å². The lowest BCUT2D eigenvalue weighted by atomic mass is 10.3. The lowest BCUT2D eigenvalue weighted by molar-refractivity contribution is -0.116. The standard InChI is InChI=1S/C21H28N6O4S2/c1-4-6-7-27-17(22)16(18(29)25-21(27)30)26(8-9-31-3)15(28)11-32-19-14-10-13(5-2)33-20(14)24-12-23-19/h10,12H,4-9,11,22H2,1-3H3,(H,25,29,30). The van der Waals surface area contributed by atoms with Crippen LogP contribution in [0, 0.1) is 0 Å². The molecule has 0 aliphatic rings. The zero-order chi connectivity index (χ0) is 24.0. The van der Waals surface area contributed by atoms with Gasteiger partial charge >= 0.3 is 5.69 Å². The van der Waals surface area contributed by atoms with Crippen LogP contribution in [0.5, 0.6) is 0 Å². The van der Waals surface area contributed by atoms with Gasteiger partial charge in [0.25, 0.3) is 5.56 Å². The highest BCUT2D eigenvalue weighted by Gasteiger charge is 2.24. The van der Waals surface area contributed by atoms with Gasteiger partial charge in [-0.1, -0.05) is 32.0 Å². The summed E-state index contributed by atoms with van der Waals surface area (Å²) in [6, 6.07) is 2.04. The molecule has 0 fully saturated rings. The van der Waals surface area contributed by atoms with E-state index in [0.29, 0.717) is 18.0 Å². The van der Waals surface area contributed by atoms with Crippen molar-refractivity contribution in [2.75, 3.05) is 36.6 Å². The number of hydrogen-bond donors (Lipinski definition) is 2. The molecule has 3 aromatic rings. The SMILES string of the molecule is CCCCn1c(N)c(N(CCOC)C(=O)CSc2ncnc3sc(CC)cc23)c(=O)[nH]c1=O. The predicted molar refractivity (Wildman–Crippen MR) is 132 cm³/mol. The Morgan fingerprint density at radius 3 is 2.82 bits per heavy atom. The Balaban J connectivity index is 1.91. The summed E-state index contributed by atoms with van der Waals surface area (Å²) >= 11 is 2.88. The van der Waals surface area contributed by atoms with Crippen molar-refractivity contribution >= 4 is 50.7 Å². The molecule has 0 aliphatic carbocycles. The topological polar surface area (TPSA) is 136 Å². The third kappa shape index (κ3) is 5.63. The summed E-state index contributed by atoms with van der Waals surface area (Å²) < 4.78 is 6.43. The number of nitrogens with zero attached hydrogens (tertiary/aromatic N) is 4. The van der Waals surface area contributed by atoms with E-state index in [1.807, 2.05) is 13.0 Å². The Morgan fingerprint density at radius 1 is 1.33 bits per heavy atom. The number of unbranched alkanes of at least 4 members (excludes halogenated alkanes) is 1. The first-order chi connectivity index (χ1) is 15.9. The van der Waals surface area contributed by atoms with E-state index in [2.05, 4.69) is 21.9 Å². The molecule has 0 bridgehead atoms. The highest BCUT2D eigenvalue weighted by Crippen LogP contribution is 2.31. The van der Waals surface area contributed by atoms with Crippen molar-refractivity contribution in [1.29, 1.82) is 0 Å². The van der Waals surface area contributed by atoms with Gasteiger partial charge in [0.05, 0.1) is 12.4 Å². The number of carbonyl (C=O) groups excluding carboxylic acids is 1. The summed E-state index contributed by atoms with van der Waals surface area (Å²) in [6.07, 6.45) is 3.94. The summed E-state index contributed by atoms with van der Waals surface area (Å²) in [5, 5.41) is 1.61. The molecular weight excluding hydrogens is 464 g/mol. The number of carbonyl (C=O) groups is 1. The van der Waals surface area contributed by atoms with Crippen LogP contribution in [0.3, 0.4) is 0 Å². The molecular formula is C21H28N6O4S2. The number of rotatable bonds is 11. The number of nitrogens with one attached hydrogen (secondary N) is 1. The molecule has 0 saturated carbocycles. The Kier molecular flexibility index (Phi) is 8.64. The van der Waals surface area contributed by atoms with E-state index in [4.69, 9.17) is 10.5 Å². The summed E-state index contributed by atoms with van der Waals surface area (Å²) in [5.41, 5.74) is 4.89. The predicted octanol–water partition coefficient (Wildman–Crippen LogP) is 2.26. The monoisotopic (exact) mass is 492 g/mol. The third-order valence-electron chi connectivity index (χ3n) is 5.06. The molecule has 3 N–H and O–H groups in total. The number of methoxy groups -OCH3 is 1. The van der Waals surface area contributed by atoms with Crippen molar-refractivity contribution in [3.63, 3.8) is 0 Å². The second-order valence-corrected chi connectivity index (χ2v) is 9.37. The van der Waals surface area contributed by atoms with Gasteiger partial charge < -0.3 is 15.4 Å². The number of amides is 1. The Morgan fingerprint density at radius 2 is 2.12 bits per heavy atom. The molecule has 0 spiro atoms. The van der Waals surface area contributed by atoms with Crippen LogP contribution in [0.2, 0.25) is 0 Å². The van der Waals surface area contributed by atoms with Crippen molar-refractivity contribution in [1.82, 2.24) is 19.5 Å². The molecule has 178 valence electrons. The minimum Gasteiger partial charge on any atom is -0.383 e. The summed E-state index contributed by atoms with van der Waals surface area (Å²) in [4.78, 5) is 52.5. The molecule has 3 aromatic heterocycles. The first-order valence-electron chi connectivity index (χ1n) is 10.7.